The molecule has 162 valence electrons. The van der Waals surface area contributed by atoms with Crippen molar-refractivity contribution in [1.82, 2.24) is 4.72 Å². The van der Waals surface area contributed by atoms with Gasteiger partial charge in [-0.1, -0.05) is 12.1 Å². The van der Waals surface area contributed by atoms with E-state index in [1.54, 1.807) is 57.2 Å². The highest BCUT2D eigenvalue weighted by Gasteiger charge is 2.22. The lowest BCUT2D eigenvalue weighted by molar-refractivity contribution is 0.102. The second-order valence-electron chi connectivity index (χ2n) is 7.85. The second kappa shape index (κ2) is 9.01. The smallest absolute Gasteiger partial charge is 0.265 e. The lowest BCUT2D eigenvalue weighted by atomic mass is 10.1. The molecule has 0 unspecified atom stereocenters. The summed E-state index contributed by atoms with van der Waals surface area (Å²) in [4.78, 5) is 25.4. The first kappa shape index (κ1) is 22.7. The molecule has 1 aromatic heterocycles. The summed E-state index contributed by atoms with van der Waals surface area (Å²) >= 11 is 1.34. The Balaban J connectivity index is 1.68. The van der Waals surface area contributed by atoms with E-state index in [0.717, 1.165) is 0 Å². The zero-order chi connectivity index (χ0) is 22.6. The van der Waals surface area contributed by atoms with Gasteiger partial charge in [-0.3, -0.25) is 9.59 Å². The predicted molar refractivity (Wildman–Crippen MR) is 123 cm³/mol. The second-order valence-corrected chi connectivity index (χ2v) is 10.5. The van der Waals surface area contributed by atoms with Crippen LogP contribution in [0.3, 0.4) is 0 Å². The van der Waals surface area contributed by atoms with Gasteiger partial charge in [-0.25, -0.2) is 13.1 Å². The fourth-order valence-corrected chi connectivity index (χ4v) is 4.76. The molecule has 0 bridgehead atoms. The van der Waals surface area contributed by atoms with Crippen LogP contribution >= 0.6 is 11.3 Å². The maximum absolute atomic E-state index is 12.6. The molecule has 3 rings (SSSR count). The van der Waals surface area contributed by atoms with Gasteiger partial charge in [-0.15, -0.1) is 11.3 Å². The van der Waals surface area contributed by atoms with Gasteiger partial charge < -0.3 is 10.6 Å². The van der Waals surface area contributed by atoms with Gasteiger partial charge in [0.2, 0.25) is 10.0 Å². The van der Waals surface area contributed by atoms with E-state index in [1.165, 1.54) is 35.6 Å². The number of amides is 2. The molecule has 0 saturated carbocycles. The van der Waals surface area contributed by atoms with Crippen LogP contribution in [0.25, 0.3) is 0 Å². The molecule has 0 aliphatic carbocycles. The summed E-state index contributed by atoms with van der Waals surface area (Å²) in [6.45, 7) is 5.26. The Labute approximate surface area is 185 Å². The molecule has 7 nitrogen and oxygen atoms in total. The van der Waals surface area contributed by atoms with E-state index in [1.807, 2.05) is 5.38 Å². The normalized spacial score (nSPS) is 11.7. The van der Waals surface area contributed by atoms with Gasteiger partial charge in [-0.2, -0.15) is 0 Å². The summed E-state index contributed by atoms with van der Waals surface area (Å²) in [5, 5.41) is 7.36. The van der Waals surface area contributed by atoms with Gasteiger partial charge in [-0.05, 0) is 74.7 Å². The molecule has 1 heterocycles. The summed E-state index contributed by atoms with van der Waals surface area (Å²) in [6, 6.07) is 16.0. The van der Waals surface area contributed by atoms with Crippen LogP contribution in [-0.4, -0.2) is 25.8 Å². The third kappa shape index (κ3) is 6.24. The van der Waals surface area contributed by atoms with E-state index < -0.39 is 21.5 Å². The zero-order valence-corrected chi connectivity index (χ0v) is 18.9. The molecule has 9 heteroatoms. The minimum absolute atomic E-state index is 0.0808. The first-order valence-electron chi connectivity index (χ1n) is 9.44. The number of thiophene rings is 1. The Bertz CT molecular complexity index is 1180. The van der Waals surface area contributed by atoms with E-state index in [2.05, 4.69) is 15.4 Å². The predicted octanol–water partition coefficient (Wildman–Crippen LogP) is 4.33. The number of carbonyl (C=O) groups is 2. The summed E-state index contributed by atoms with van der Waals surface area (Å²) in [7, 11) is -3.68. The first-order chi connectivity index (χ1) is 14.5. The number of nitrogens with one attached hydrogen (secondary N) is 3. The van der Waals surface area contributed by atoms with Crippen LogP contribution in [0.15, 0.2) is 70.9 Å². The van der Waals surface area contributed by atoms with Crippen LogP contribution in [-0.2, 0) is 10.0 Å². The van der Waals surface area contributed by atoms with Crippen molar-refractivity contribution in [2.75, 3.05) is 10.6 Å². The first-order valence-corrected chi connectivity index (χ1v) is 11.8. The Morgan fingerprint density at radius 2 is 1.45 bits per heavy atom. The Morgan fingerprint density at radius 3 is 2.00 bits per heavy atom. The molecule has 0 spiro atoms. The van der Waals surface area contributed by atoms with E-state index in [9.17, 15) is 18.0 Å². The summed E-state index contributed by atoms with van der Waals surface area (Å²) < 4.78 is 27.3. The summed E-state index contributed by atoms with van der Waals surface area (Å²) in [5.41, 5.74) is 0.743. The molecule has 0 fully saturated rings. The van der Waals surface area contributed by atoms with E-state index in [4.69, 9.17) is 0 Å². The number of hydrogen-bond donors (Lipinski definition) is 3. The molecule has 0 atom stereocenters. The van der Waals surface area contributed by atoms with Crippen molar-refractivity contribution >= 4 is 44.5 Å². The SMILES string of the molecule is CC(C)(C)NS(=O)(=O)c1ccc(C(=O)Nc2cccc(NC(=O)c3cccs3)c2)cc1. The summed E-state index contributed by atoms with van der Waals surface area (Å²) in [6.07, 6.45) is 0. The van der Waals surface area contributed by atoms with Crippen molar-refractivity contribution in [2.24, 2.45) is 0 Å². The minimum Gasteiger partial charge on any atom is -0.322 e. The van der Waals surface area contributed by atoms with Gasteiger partial charge in [0.1, 0.15) is 0 Å². The maximum atomic E-state index is 12.6. The van der Waals surface area contributed by atoms with Gasteiger partial charge in [0, 0.05) is 22.5 Å². The fraction of sp³-hybridized carbons (Fsp3) is 0.182. The monoisotopic (exact) mass is 457 g/mol. The molecular formula is C22H23N3O4S2. The minimum atomic E-state index is -3.68. The van der Waals surface area contributed by atoms with Gasteiger partial charge in [0.25, 0.3) is 11.8 Å². The van der Waals surface area contributed by atoms with Crippen LogP contribution in [0.2, 0.25) is 0 Å². The molecular weight excluding hydrogens is 434 g/mol. The number of carbonyl (C=O) groups excluding carboxylic acids is 2. The van der Waals surface area contributed by atoms with Crippen LogP contribution < -0.4 is 15.4 Å². The quantitative estimate of drug-likeness (QED) is 0.512. The van der Waals surface area contributed by atoms with Crippen molar-refractivity contribution < 1.29 is 18.0 Å². The number of anilines is 2. The average molecular weight is 458 g/mol. The highest BCUT2D eigenvalue weighted by atomic mass is 32.2. The number of rotatable bonds is 6. The van der Waals surface area contributed by atoms with Crippen molar-refractivity contribution in [1.29, 1.82) is 0 Å². The zero-order valence-electron chi connectivity index (χ0n) is 17.3. The molecule has 0 saturated heterocycles. The Hall–Kier alpha value is -3.01. The number of hydrogen-bond acceptors (Lipinski definition) is 5. The number of sulfonamides is 1. The molecule has 0 radical (unpaired) electrons. The molecule has 31 heavy (non-hydrogen) atoms. The van der Waals surface area contributed by atoms with Crippen molar-refractivity contribution in [3.63, 3.8) is 0 Å². The molecule has 3 aromatic rings. The molecule has 3 N–H and O–H groups in total. The van der Waals surface area contributed by atoms with Crippen LogP contribution in [0.4, 0.5) is 11.4 Å². The number of benzene rings is 2. The van der Waals surface area contributed by atoms with E-state index in [0.29, 0.717) is 21.8 Å². The van der Waals surface area contributed by atoms with Crippen LogP contribution in [0, 0.1) is 0 Å². The molecule has 0 aliphatic heterocycles. The summed E-state index contributed by atoms with van der Waals surface area (Å²) in [5.74, 6) is -0.617. The van der Waals surface area contributed by atoms with Crippen LogP contribution in [0.1, 0.15) is 40.8 Å². The standard InChI is InChI=1S/C22H23N3O4S2/c1-22(2,3)25-31(28,29)18-11-9-15(10-12-18)20(26)23-16-6-4-7-17(14-16)24-21(27)19-8-5-13-30-19/h4-14,25H,1-3H3,(H,23,26)(H,24,27). The van der Waals surface area contributed by atoms with E-state index in [-0.39, 0.29) is 10.8 Å². The molecule has 2 amide bonds. The van der Waals surface area contributed by atoms with Gasteiger partial charge in [0.05, 0.1) is 9.77 Å². The van der Waals surface area contributed by atoms with Crippen LogP contribution in [0.5, 0.6) is 0 Å². The van der Waals surface area contributed by atoms with Crippen molar-refractivity contribution in [2.45, 2.75) is 31.2 Å². The lowest BCUT2D eigenvalue weighted by Gasteiger charge is -2.20. The molecule has 2 aromatic carbocycles. The van der Waals surface area contributed by atoms with E-state index >= 15 is 0 Å². The third-order valence-corrected chi connectivity index (χ3v) is 6.63. The highest BCUT2D eigenvalue weighted by Crippen LogP contribution is 2.19. The molecule has 0 aliphatic rings. The largest absolute Gasteiger partial charge is 0.322 e. The third-order valence-electron chi connectivity index (χ3n) is 3.99. The Kier molecular flexibility index (Phi) is 6.59. The van der Waals surface area contributed by atoms with Crippen molar-refractivity contribution in [3.8, 4) is 0 Å². The lowest BCUT2D eigenvalue weighted by Crippen LogP contribution is -2.40. The average Bonchev–Trinajstić information content (AvgIpc) is 3.21. The van der Waals surface area contributed by atoms with Gasteiger partial charge >= 0.3 is 0 Å². The maximum Gasteiger partial charge on any atom is 0.265 e. The Morgan fingerprint density at radius 1 is 0.839 bits per heavy atom. The topological polar surface area (TPSA) is 104 Å². The highest BCUT2D eigenvalue weighted by molar-refractivity contribution is 7.89. The van der Waals surface area contributed by atoms with Crippen molar-refractivity contribution in [3.05, 3.63) is 76.5 Å². The fourth-order valence-electron chi connectivity index (χ4n) is 2.73. The van der Waals surface area contributed by atoms with Gasteiger partial charge in [0.15, 0.2) is 0 Å².